The molecule has 0 saturated carbocycles. The number of hydrogen-bond acceptors (Lipinski definition) is 3. The largest absolute Gasteiger partial charge is 0.296 e. The highest BCUT2D eigenvalue weighted by molar-refractivity contribution is 7.99. The van der Waals surface area contributed by atoms with Crippen LogP contribution in [0.25, 0.3) is 0 Å². The molecular weight excluding hydrogens is 254 g/mol. The van der Waals surface area contributed by atoms with Crippen LogP contribution >= 0.6 is 11.8 Å². The normalized spacial score (nSPS) is 10.9. The topological polar surface area (TPSA) is 20.3 Å². The summed E-state index contributed by atoms with van der Waals surface area (Å²) in [5, 5.41) is 0. The molecule has 1 aromatic rings. The summed E-state index contributed by atoms with van der Waals surface area (Å²) in [5.41, 5.74) is 0.831. The van der Waals surface area contributed by atoms with Crippen LogP contribution in [0, 0.1) is 0 Å². The molecule has 0 aliphatic rings. The fourth-order valence-electron chi connectivity index (χ4n) is 2.10. The van der Waals surface area contributed by atoms with E-state index in [4.69, 9.17) is 0 Å². The maximum atomic E-state index is 12.2. The second-order valence-electron chi connectivity index (χ2n) is 4.66. The van der Waals surface area contributed by atoms with Crippen molar-refractivity contribution in [1.82, 2.24) is 4.90 Å². The van der Waals surface area contributed by atoms with Crippen molar-refractivity contribution < 1.29 is 4.79 Å². The number of hydrogen-bond donors (Lipinski definition) is 0. The number of benzene rings is 1. The van der Waals surface area contributed by atoms with Gasteiger partial charge in [-0.2, -0.15) is 0 Å². The van der Waals surface area contributed by atoms with E-state index in [-0.39, 0.29) is 5.78 Å². The predicted molar refractivity (Wildman–Crippen MR) is 84.2 cm³/mol. The zero-order valence-corrected chi connectivity index (χ0v) is 13.1. The summed E-state index contributed by atoms with van der Waals surface area (Å²) in [6, 6.07) is 8.00. The van der Waals surface area contributed by atoms with Gasteiger partial charge in [0.25, 0.3) is 0 Å². The van der Waals surface area contributed by atoms with Gasteiger partial charge < -0.3 is 0 Å². The fourth-order valence-corrected chi connectivity index (χ4v) is 2.76. The molecule has 0 spiro atoms. The zero-order valence-electron chi connectivity index (χ0n) is 12.3. The molecular formula is C16H25NOS. The molecule has 2 nitrogen and oxygen atoms in total. The van der Waals surface area contributed by atoms with Crippen LogP contribution in [0.1, 0.15) is 44.0 Å². The van der Waals surface area contributed by atoms with Crippen LogP contribution in [-0.4, -0.2) is 36.1 Å². The molecule has 0 fully saturated rings. The van der Waals surface area contributed by atoms with Crippen LogP contribution < -0.4 is 0 Å². The quantitative estimate of drug-likeness (QED) is 0.501. The number of ketones is 1. The third-order valence-corrected chi connectivity index (χ3v) is 3.83. The van der Waals surface area contributed by atoms with Gasteiger partial charge in [0.05, 0.1) is 6.54 Å². The van der Waals surface area contributed by atoms with Crippen LogP contribution in [0.4, 0.5) is 0 Å². The zero-order chi connectivity index (χ0) is 14.1. The molecule has 0 unspecified atom stereocenters. The Kier molecular flexibility index (Phi) is 7.84. The first-order valence-electron chi connectivity index (χ1n) is 7.19. The van der Waals surface area contributed by atoms with E-state index in [1.165, 1.54) is 4.90 Å². The molecule has 0 atom stereocenters. The Bertz CT molecular complexity index is 369. The molecule has 0 heterocycles. The van der Waals surface area contributed by atoms with Crippen molar-refractivity contribution in [1.29, 1.82) is 0 Å². The van der Waals surface area contributed by atoms with Crippen LogP contribution in [0.5, 0.6) is 0 Å². The van der Waals surface area contributed by atoms with E-state index in [0.29, 0.717) is 6.54 Å². The van der Waals surface area contributed by atoms with Gasteiger partial charge in [-0.15, -0.1) is 11.8 Å². The minimum atomic E-state index is 0.231. The third-order valence-electron chi connectivity index (χ3n) is 2.93. The van der Waals surface area contributed by atoms with E-state index in [9.17, 15) is 4.79 Å². The Morgan fingerprint density at radius 3 is 2.11 bits per heavy atom. The maximum Gasteiger partial charge on any atom is 0.176 e. The Morgan fingerprint density at radius 2 is 1.63 bits per heavy atom. The predicted octanol–water partition coefficient (Wildman–Crippen LogP) is 4.10. The maximum absolute atomic E-state index is 12.2. The van der Waals surface area contributed by atoms with Crippen LogP contribution in [0.2, 0.25) is 0 Å². The van der Waals surface area contributed by atoms with Gasteiger partial charge in [-0.3, -0.25) is 9.69 Å². The van der Waals surface area contributed by atoms with E-state index in [1.54, 1.807) is 11.8 Å². The third kappa shape index (κ3) is 5.79. The van der Waals surface area contributed by atoms with E-state index in [0.717, 1.165) is 37.2 Å². The molecule has 1 aromatic carbocycles. The van der Waals surface area contributed by atoms with Crippen molar-refractivity contribution in [3.63, 3.8) is 0 Å². The summed E-state index contributed by atoms with van der Waals surface area (Å²) in [6.45, 7) is 9.00. The van der Waals surface area contributed by atoms with Gasteiger partial charge in [-0.05, 0) is 43.8 Å². The van der Waals surface area contributed by atoms with Crippen molar-refractivity contribution in [3.8, 4) is 0 Å². The molecule has 0 aliphatic carbocycles. The summed E-state index contributed by atoms with van der Waals surface area (Å²) in [5.74, 6) is 1.29. The molecule has 0 radical (unpaired) electrons. The Hall–Kier alpha value is -0.800. The van der Waals surface area contributed by atoms with Gasteiger partial charge in [0.2, 0.25) is 0 Å². The lowest BCUT2D eigenvalue weighted by atomic mass is 10.1. The van der Waals surface area contributed by atoms with E-state index >= 15 is 0 Å². The van der Waals surface area contributed by atoms with E-state index in [2.05, 4.69) is 25.7 Å². The Labute approximate surface area is 121 Å². The second-order valence-corrected chi connectivity index (χ2v) is 5.99. The molecule has 0 saturated heterocycles. The van der Waals surface area contributed by atoms with E-state index in [1.807, 2.05) is 24.3 Å². The van der Waals surface area contributed by atoms with Crippen molar-refractivity contribution in [2.45, 2.75) is 38.5 Å². The van der Waals surface area contributed by atoms with Crippen LogP contribution in [0.15, 0.2) is 29.2 Å². The smallest absolute Gasteiger partial charge is 0.176 e. The lowest BCUT2D eigenvalue weighted by molar-refractivity contribution is 0.0930. The summed E-state index contributed by atoms with van der Waals surface area (Å²) < 4.78 is 0. The summed E-state index contributed by atoms with van der Waals surface area (Å²) in [4.78, 5) is 15.7. The monoisotopic (exact) mass is 279 g/mol. The first kappa shape index (κ1) is 16.3. The molecule has 0 aliphatic heterocycles. The number of nitrogens with zero attached hydrogens (tertiary/aromatic N) is 1. The Balaban J connectivity index is 2.60. The number of thioether (sulfide) groups is 1. The van der Waals surface area contributed by atoms with Crippen molar-refractivity contribution >= 4 is 17.5 Å². The summed E-state index contributed by atoms with van der Waals surface area (Å²) in [6.07, 6.45) is 2.19. The highest BCUT2D eigenvalue weighted by Crippen LogP contribution is 2.18. The fraction of sp³-hybridized carbons (Fsp3) is 0.562. The number of rotatable bonds is 9. The lowest BCUT2D eigenvalue weighted by Crippen LogP contribution is -2.31. The minimum Gasteiger partial charge on any atom is -0.296 e. The first-order valence-corrected chi connectivity index (χ1v) is 8.18. The molecule has 3 heteroatoms. The van der Waals surface area contributed by atoms with Gasteiger partial charge in [-0.25, -0.2) is 0 Å². The highest BCUT2D eigenvalue weighted by atomic mass is 32.2. The molecule has 0 bridgehead atoms. The molecule has 106 valence electrons. The average Bonchev–Trinajstić information content (AvgIpc) is 2.40. The summed E-state index contributed by atoms with van der Waals surface area (Å²) in [7, 11) is 0. The Morgan fingerprint density at radius 1 is 1.05 bits per heavy atom. The number of carbonyl (C=O) groups is 1. The van der Waals surface area contributed by atoms with Crippen molar-refractivity contribution in [2.75, 3.05) is 25.4 Å². The first-order chi connectivity index (χ1) is 9.21. The molecule has 1 rings (SSSR count). The van der Waals surface area contributed by atoms with Crippen molar-refractivity contribution in [2.24, 2.45) is 0 Å². The SMILES string of the molecule is CCCN(CCC)CC(=O)c1ccc(SCC)cc1. The molecule has 0 amide bonds. The molecule has 0 N–H and O–H groups in total. The van der Waals surface area contributed by atoms with Crippen LogP contribution in [0.3, 0.4) is 0 Å². The van der Waals surface area contributed by atoms with Gasteiger partial charge in [0.1, 0.15) is 0 Å². The van der Waals surface area contributed by atoms with Gasteiger partial charge >= 0.3 is 0 Å². The van der Waals surface area contributed by atoms with Crippen LogP contribution in [-0.2, 0) is 0 Å². The molecule has 19 heavy (non-hydrogen) atoms. The van der Waals surface area contributed by atoms with E-state index < -0.39 is 0 Å². The number of carbonyl (C=O) groups excluding carboxylic acids is 1. The standard InChI is InChI=1S/C16H25NOS/c1-4-11-17(12-5-2)13-16(18)14-7-9-15(10-8-14)19-6-3/h7-10H,4-6,11-13H2,1-3H3. The number of Topliss-reactive ketones (excluding diaryl/α,β-unsaturated/α-hetero) is 1. The van der Waals surface area contributed by atoms with Gasteiger partial charge in [-0.1, -0.05) is 32.9 Å². The molecule has 0 aromatic heterocycles. The highest BCUT2D eigenvalue weighted by Gasteiger charge is 2.11. The summed E-state index contributed by atoms with van der Waals surface area (Å²) >= 11 is 1.80. The van der Waals surface area contributed by atoms with Gasteiger partial charge in [0, 0.05) is 10.5 Å². The second kappa shape index (κ2) is 9.16. The average molecular weight is 279 g/mol. The lowest BCUT2D eigenvalue weighted by Gasteiger charge is -2.19. The van der Waals surface area contributed by atoms with Gasteiger partial charge in [0.15, 0.2) is 5.78 Å². The minimum absolute atomic E-state index is 0.231. The van der Waals surface area contributed by atoms with Crippen molar-refractivity contribution in [3.05, 3.63) is 29.8 Å².